The van der Waals surface area contributed by atoms with Gasteiger partial charge in [-0.25, -0.2) is 4.79 Å². The first kappa shape index (κ1) is 13.6. The fourth-order valence-corrected chi connectivity index (χ4v) is 2.21. The number of carbonyl (C=O) groups excluding carboxylic acids is 1. The number of anilines is 1. The fourth-order valence-electron chi connectivity index (χ4n) is 2.21. The highest BCUT2D eigenvalue weighted by Crippen LogP contribution is 2.28. The first-order chi connectivity index (χ1) is 10.2. The number of carbonyl (C=O) groups is 1. The Kier molecular flexibility index (Phi) is 3.87. The van der Waals surface area contributed by atoms with Crippen LogP contribution in [-0.2, 0) is 4.74 Å². The van der Waals surface area contributed by atoms with E-state index in [9.17, 15) is 4.79 Å². The largest absolute Gasteiger partial charge is 0.378 e. The number of amides is 2. The van der Waals surface area contributed by atoms with Gasteiger partial charge in [-0.05, 0) is 12.5 Å². The average Bonchev–Trinajstić information content (AvgIpc) is 2.97. The SMILES string of the molecule is Cc1ccc(-c2cnoc2NC(=O)N2CCOCC2)cc1. The number of aryl methyl sites for hydroxylation is 1. The molecule has 1 N–H and O–H groups in total. The summed E-state index contributed by atoms with van der Waals surface area (Å²) in [5.41, 5.74) is 2.91. The molecule has 0 radical (unpaired) electrons. The quantitative estimate of drug-likeness (QED) is 0.921. The van der Waals surface area contributed by atoms with Gasteiger partial charge in [-0.2, -0.15) is 0 Å². The zero-order valence-corrected chi connectivity index (χ0v) is 11.8. The van der Waals surface area contributed by atoms with Crippen LogP contribution in [0.3, 0.4) is 0 Å². The van der Waals surface area contributed by atoms with Gasteiger partial charge in [-0.15, -0.1) is 0 Å². The molecule has 2 aromatic rings. The minimum Gasteiger partial charge on any atom is -0.378 e. The van der Waals surface area contributed by atoms with Crippen LogP contribution in [0.4, 0.5) is 10.7 Å². The topological polar surface area (TPSA) is 67.6 Å². The van der Waals surface area contributed by atoms with Crippen molar-refractivity contribution in [2.75, 3.05) is 31.6 Å². The van der Waals surface area contributed by atoms with Gasteiger partial charge in [0, 0.05) is 13.1 Å². The van der Waals surface area contributed by atoms with Crippen molar-refractivity contribution in [2.45, 2.75) is 6.92 Å². The van der Waals surface area contributed by atoms with Crippen molar-refractivity contribution in [3.8, 4) is 11.1 Å². The predicted molar refractivity (Wildman–Crippen MR) is 78.1 cm³/mol. The zero-order chi connectivity index (χ0) is 14.7. The predicted octanol–water partition coefficient (Wildman–Crippen LogP) is 2.51. The molecule has 1 aromatic carbocycles. The molecule has 3 rings (SSSR count). The van der Waals surface area contributed by atoms with Crippen molar-refractivity contribution < 1.29 is 14.1 Å². The summed E-state index contributed by atoms with van der Waals surface area (Å²) in [7, 11) is 0. The molecule has 1 aromatic heterocycles. The van der Waals surface area contributed by atoms with Gasteiger partial charge in [0.25, 0.3) is 0 Å². The molecule has 6 nitrogen and oxygen atoms in total. The van der Waals surface area contributed by atoms with Crippen molar-refractivity contribution >= 4 is 11.9 Å². The van der Waals surface area contributed by atoms with E-state index in [4.69, 9.17) is 9.26 Å². The third kappa shape index (κ3) is 3.05. The highest BCUT2D eigenvalue weighted by molar-refractivity contribution is 5.92. The Bertz CT molecular complexity index is 615. The van der Waals surface area contributed by atoms with E-state index in [1.165, 1.54) is 5.56 Å². The number of urea groups is 1. The lowest BCUT2D eigenvalue weighted by atomic mass is 10.1. The number of morpholine rings is 1. The Hall–Kier alpha value is -2.34. The van der Waals surface area contributed by atoms with Crippen LogP contribution in [0.2, 0.25) is 0 Å². The van der Waals surface area contributed by atoms with Crippen molar-refractivity contribution in [1.29, 1.82) is 0 Å². The van der Waals surface area contributed by atoms with E-state index in [1.807, 2.05) is 31.2 Å². The number of hydrogen-bond donors (Lipinski definition) is 1. The van der Waals surface area contributed by atoms with Crippen LogP contribution < -0.4 is 5.32 Å². The molecule has 0 aliphatic carbocycles. The molecule has 1 fully saturated rings. The summed E-state index contributed by atoms with van der Waals surface area (Å²) in [5.74, 6) is 0.371. The lowest BCUT2D eigenvalue weighted by molar-refractivity contribution is 0.0563. The number of rotatable bonds is 2. The Morgan fingerprint density at radius 3 is 2.67 bits per heavy atom. The minimum absolute atomic E-state index is 0.191. The van der Waals surface area contributed by atoms with Crippen molar-refractivity contribution in [1.82, 2.24) is 10.1 Å². The third-order valence-electron chi connectivity index (χ3n) is 3.45. The molecule has 0 bridgehead atoms. The lowest BCUT2D eigenvalue weighted by Gasteiger charge is -2.26. The molecule has 1 aliphatic rings. The summed E-state index contributed by atoms with van der Waals surface area (Å²) >= 11 is 0. The Morgan fingerprint density at radius 1 is 1.24 bits per heavy atom. The van der Waals surface area contributed by atoms with Gasteiger partial charge in [0.1, 0.15) is 0 Å². The number of nitrogens with one attached hydrogen (secondary N) is 1. The van der Waals surface area contributed by atoms with Gasteiger partial charge >= 0.3 is 6.03 Å². The molecular weight excluding hydrogens is 270 g/mol. The van der Waals surface area contributed by atoms with Crippen LogP contribution in [0.15, 0.2) is 35.0 Å². The molecule has 0 spiro atoms. The third-order valence-corrected chi connectivity index (χ3v) is 3.45. The smallest absolute Gasteiger partial charge is 0.324 e. The molecule has 1 saturated heterocycles. The monoisotopic (exact) mass is 287 g/mol. The average molecular weight is 287 g/mol. The molecule has 21 heavy (non-hydrogen) atoms. The second kappa shape index (κ2) is 5.97. The van der Waals surface area contributed by atoms with E-state index in [0.29, 0.717) is 32.2 Å². The molecule has 6 heteroatoms. The van der Waals surface area contributed by atoms with Crippen LogP contribution in [0.1, 0.15) is 5.56 Å². The normalized spacial score (nSPS) is 15.0. The van der Waals surface area contributed by atoms with Crippen molar-refractivity contribution in [3.05, 3.63) is 36.0 Å². The number of hydrogen-bond acceptors (Lipinski definition) is 4. The van der Waals surface area contributed by atoms with E-state index in [0.717, 1.165) is 11.1 Å². The molecular formula is C15H17N3O3. The van der Waals surface area contributed by atoms with E-state index in [1.54, 1.807) is 11.1 Å². The van der Waals surface area contributed by atoms with Gasteiger partial charge in [0.05, 0.1) is 25.0 Å². The molecule has 1 aliphatic heterocycles. The van der Waals surface area contributed by atoms with Crippen molar-refractivity contribution in [3.63, 3.8) is 0 Å². The summed E-state index contributed by atoms with van der Waals surface area (Å²) in [6.45, 7) is 4.32. The van der Waals surface area contributed by atoms with E-state index in [-0.39, 0.29) is 6.03 Å². The van der Waals surface area contributed by atoms with Gasteiger partial charge in [-0.1, -0.05) is 35.0 Å². The molecule has 0 atom stereocenters. The Labute approximate surface area is 122 Å². The minimum atomic E-state index is -0.191. The number of aromatic nitrogens is 1. The van der Waals surface area contributed by atoms with Gasteiger partial charge in [-0.3, -0.25) is 5.32 Å². The van der Waals surface area contributed by atoms with Crippen LogP contribution in [0, 0.1) is 6.92 Å². The van der Waals surface area contributed by atoms with Gasteiger partial charge < -0.3 is 14.2 Å². The number of ether oxygens (including phenoxy) is 1. The molecule has 2 heterocycles. The highest BCUT2D eigenvalue weighted by Gasteiger charge is 2.20. The summed E-state index contributed by atoms with van der Waals surface area (Å²) in [6, 6.07) is 7.79. The summed E-state index contributed by atoms with van der Waals surface area (Å²) in [5, 5.41) is 6.56. The maximum absolute atomic E-state index is 12.2. The fraction of sp³-hybridized carbons (Fsp3) is 0.333. The summed E-state index contributed by atoms with van der Waals surface area (Å²) < 4.78 is 10.4. The lowest BCUT2D eigenvalue weighted by Crippen LogP contribution is -2.43. The first-order valence-electron chi connectivity index (χ1n) is 6.89. The summed E-state index contributed by atoms with van der Waals surface area (Å²) in [4.78, 5) is 13.9. The zero-order valence-electron chi connectivity index (χ0n) is 11.8. The van der Waals surface area contributed by atoms with Gasteiger partial charge in [0.15, 0.2) is 0 Å². The van der Waals surface area contributed by atoms with E-state index >= 15 is 0 Å². The standard InChI is InChI=1S/C15H17N3O3/c1-11-2-4-12(5-3-11)13-10-16-21-14(13)17-15(19)18-6-8-20-9-7-18/h2-5,10H,6-9H2,1H3,(H,17,19). The van der Waals surface area contributed by atoms with E-state index < -0.39 is 0 Å². The highest BCUT2D eigenvalue weighted by atomic mass is 16.5. The molecule has 2 amide bonds. The van der Waals surface area contributed by atoms with Crippen LogP contribution in [-0.4, -0.2) is 42.4 Å². The molecule has 110 valence electrons. The molecule has 0 saturated carbocycles. The Balaban J connectivity index is 1.76. The van der Waals surface area contributed by atoms with Crippen molar-refractivity contribution in [2.24, 2.45) is 0 Å². The second-order valence-corrected chi connectivity index (χ2v) is 4.96. The number of nitrogens with zero attached hydrogens (tertiary/aromatic N) is 2. The van der Waals surface area contributed by atoms with Crippen LogP contribution >= 0.6 is 0 Å². The maximum Gasteiger partial charge on any atom is 0.324 e. The second-order valence-electron chi connectivity index (χ2n) is 4.96. The van der Waals surface area contributed by atoms with E-state index in [2.05, 4.69) is 10.5 Å². The molecule has 0 unspecified atom stereocenters. The summed E-state index contributed by atoms with van der Waals surface area (Å²) in [6.07, 6.45) is 1.61. The van der Waals surface area contributed by atoms with Gasteiger partial charge in [0.2, 0.25) is 5.88 Å². The van der Waals surface area contributed by atoms with Crippen LogP contribution in [0.5, 0.6) is 0 Å². The Morgan fingerprint density at radius 2 is 1.95 bits per heavy atom. The number of benzene rings is 1. The van der Waals surface area contributed by atoms with Crippen LogP contribution in [0.25, 0.3) is 11.1 Å². The first-order valence-corrected chi connectivity index (χ1v) is 6.89. The maximum atomic E-state index is 12.2.